The van der Waals surface area contributed by atoms with Crippen LogP contribution in [0.3, 0.4) is 0 Å². The van der Waals surface area contributed by atoms with E-state index in [-0.39, 0.29) is 37.8 Å². The fraction of sp³-hybridized carbons (Fsp3) is 0.625. The van der Waals surface area contributed by atoms with E-state index < -0.39 is 73.8 Å². The molecule has 2 aliphatic heterocycles. The quantitative estimate of drug-likeness (QED) is 0.277. The Morgan fingerprint density at radius 3 is 2.53 bits per heavy atom. The van der Waals surface area contributed by atoms with Gasteiger partial charge in [0, 0.05) is 23.8 Å². The first kappa shape index (κ1) is 42.3. The number of fused-ring (bicyclic) bond motifs is 3. The first-order chi connectivity index (χ1) is 26.8. The lowest BCUT2D eigenvalue weighted by Gasteiger charge is -2.30. The Bertz CT molecular complexity index is 2050. The Kier molecular flexibility index (Phi) is 12.0. The van der Waals surface area contributed by atoms with Crippen LogP contribution in [0.15, 0.2) is 30.4 Å². The van der Waals surface area contributed by atoms with E-state index in [2.05, 4.69) is 20.3 Å². The molecule has 2 aliphatic carbocycles. The molecule has 1 saturated heterocycles. The van der Waals surface area contributed by atoms with E-state index in [0.29, 0.717) is 53.1 Å². The van der Waals surface area contributed by atoms with Crippen LogP contribution in [0, 0.1) is 5.92 Å². The van der Waals surface area contributed by atoms with Gasteiger partial charge in [0.2, 0.25) is 27.7 Å². The second-order valence-corrected chi connectivity index (χ2v) is 19.6. The van der Waals surface area contributed by atoms with Crippen molar-refractivity contribution < 1.29 is 46.5 Å². The maximum absolute atomic E-state index is 14.6. The van der Waals surface area contributed by atoms with Gasteiger partial charge >= 0.3 is 6.09 Å². The van der Waals surface area contributed by atoms with Crippen molar-refractivity contribution in [3.63, 3.8) is 0 Å². The summed E-state index contributed by atoms with van der Waals surface area (Å²) < 4.78 is 51.3. The second kappa shape index (κ2) is 16.1. The van der Waals surface area contributed by atoms with Crippen LogP contribution in [0.5, 0.6) is 17.4 Å². The summed E-state index contributed by atoms with van der Waals surface area (Å²) in [4.78, 5) is 62.1. The van der Waals surface area contributed by atoms with Gasteiger partial charge in [-0.3, -0.25) is 19.1 Å². The third-order valence-electron chi connectivity index (χ3n) is 10.8. The molecule has 3 fully saturated rings. The van der Waals surface area contributed by atoms with Gasteiger partial charge in [0.05, 0.1) is 29.5 Å². The van der Waals surface area contributed by atoms with Crippen molar-refractivity contribution in [1.29, 1.82) is 0 Å². The highest BCUT2D eigenvalue weighted by atomic mass is 35.5. The molecular formula is C40H54ClN5O10S. The highest BCUT2D eigenvalue weighted by molar-refractivity contribution is 7.91. The largest absolute Gasteiger partial charge is 0.493 e. The van der Waals surface area contributed by atoms with Crippen LogP contribution in [0.4, 0.5) is 4.79 Å². The number of nitrogens with zero attached hydrogens (tertiary/aromatic N) is 2. The first-order valence-electron chi connectivity index (χ1n) is 19.6. The molecule has 0 spiro atoms. The van der Waals surface area contributed by atoms with Gasteiger partial charge in [-0.05, 0) is 92.2 Å². The average molecular weight is 832 g/mol. The molecule has 0 radical (unpaired) electrons. The predicted octanol–water partition coefficient (Wildman–Crippen LogP) is 5.32. The van der Waals surface area contributed by atoms with E-state index in [0.717, 1.165) is 12.8 Å². The number of amides is 4. The topological polar surface area (TPSA) is 192 Å². The van der Waals surface area contributed by atoms with E-state index in [1.807, 2.05) is 26.0 Å². The van der Waals surface area contributed by atoms with Gasteiger partial charge in [0.25, 0.3) is 5.91 Å². The average Bonchev–Trinajstić information content (AvgIpc) is 3.99. The lowest BCUT2D eigenvalue weighted by Crippen LogP contribution is -2.58. The number of allylic oxidation sites excluding steroid dienone is 1. The molecule has 15 nitrogen and oxygen atoms in total. The normalized spacial score (nSPS) is 26.9. The van der Waals surface area contributed by atoms with E-state index >= 15 is 0 Å². The van der Waals surface area contributed by atoms with Crippen molar-refractivity contribution in [2.24, 2.45) is 5.92 Å². The molecule has 2 saturated carbocycles. The van der Waals surface area contributed by atoms with Crippen LogP contribution in [-0.2, 0) is 29.1 Å². The van der Waals surface area contributed by atoms with Crippen LogP contribution in [0.1, 0.15) is 99.3 Å². The van der Waals surface area contributed by atoms with Crippen LogP contribution >= 0.6 is 11.6 Å². The highest BCUT2D eigenvalue weighted by Gasteiger charge is 2.63. The summed E-state index contributed by atoms with van der Waals surface area (Å²) in [6.45, 7) is 10.4. The summed E-state index contributed by atoms with van der Waals surface area (Å²) in [7, 11) is -2.54. The number of sulfonamides is 1. The Morgan fingerprint density at radius 2 is 1.86 bits per heavy atom. The molecular weight excluding hydrogens is 778 g/mol. The number of carbonyl (C=O) groups excluding carboxylic acids is 4. The molecule has 4 aliphatic rings. The Hall–Kier alpha value is -4.31. The second-order valence-electron chi connectivity index (χ2n) is 17.0. The van der Waals surface area contributed by atoms with Crippen LogP contribution in [0.25, 0.3) is 10.9 Å². The molecule has 4 amide bonds. The predicted molar refractivity (Wildman–Crippen MR) is 213 cm³/mol. The zero-order valence-electron chi connectivity index (χ0n) is 33.6. The maximum atomic E-state index is 14.6. The van der Waals surface area contributed by atoms with Crippen molar-refractivity contribution >= 4 is 56.3 Å². The lowest BCUT2D eigenvalue weighted by atomic mass is 10.0. The number of hydrogen-bond donors (Lipinski definition) is 3. The van der Waals surface area contributed by atoms with E-state index in [1.54, 1.807) is 45.9 Å². The smallest absolute Gasteiger partial charge is 0.408 e. The number of methoxy groups -OCH3 is 1. The van der Waals surface area contributed by atoms with Crippen LogP contribution in [0.2, 0.25) is 5.02 Å². The Morgan fingerprint density at radius 1 is 1.12 bits per heavy atom. The number of hydrogen-bond acceptors (Lipinski definition) is 11. The molecule has 2 aromatic rings. The minimum Gasteiger partial charge on any atom is -0.493 e. The number of rotatable bonds is 9. The van der Waals surface area contributed by atoms with Crippen molar-refractivity contribution in [3.8, 4) is 17.4 Å². The van der Waals surface area contributed by atoms with Gasteiger partial charge in [-0.15, -0.1) is 0 Å². The van der Waals surface area contributed by atoms with Crippen molar-refractivity contribution in [3.05, 3.63) is 35.4 Å². The van der Waals surface area contributed by atoms with Gasteiger partial charge in [-0.25, -0.2) is 18.2 Å². The van der Waals surface area contributed by atoms with Crippen molar-refractivity contribution in [1.82, 2.24) is 25.2 Å². The minimum atomic E-state index is -4.01. The van der Waals surface area contributed by atoms with Crippen molar-refractivity contribution in [2.45, 2.75) is 140 Å². The molecule has 0 unspecified atom stereocenters. The Labute approximate surface area is 339 Å². The van der Waals surface area contributed by atoms with Gasteiger partial charge in [-0.1, -0.05) is 36.6 Å². The maximum Gasteiger partial charge on any atom is 0.408 e. The zero-order chi connectivity index (χ0) is 41.5. The number of alkyl carbamates (subject to hydrolysis) is 1. The number of aromatic nitrogens is 1. The van der Waals surface area contributed by atoms with Crippen LogP contribution < -0.4 is 29.6 Å². The molecule has 0 bridgehead atoms. The Balaban J connectivity index is 1.36. The molecule has 1 aromatic carbocycles. The van der Waals surface area contributed by atoms with E-state index in [1.165, 1.54) is 12.0 Å². The summed E-state index contributed by atoms with van der Waals surface area (Å²) >= 11 is 6.46. The number of ether oxygens (including phenoxy) is 4. The monoisotopic (exact) mass is 831 g/mol. The molecule has 5 atom stereocenters. The molecule has 1 aromatic heterocycles. The lowest BCUT2D eigenvalue weighted by molar-refractivity contribution is -0.141. The number of carbonyl (C=O) groups is 4. The highest BCUT2D eigenvalue weighted by Crippen LogP contribution is 2.48. The fourth-order valence-corrected chi connectivity index (χ4v) is 8.90. The van der Waals surface area contributed by atoms with Gasteiger partial charge in [-0.2, -0.15) is 0 Å². The number of halogens is 1. The van der Waals surface area contributed by atoms with Gasteiger partial charge in [0.1, 0.15) is 40.6 Å². The van der Waals surface area contributed by atoms with Gasteiger partial charge in [0.15, 0.2) is 5.75 Å². The fourth-order valence-electron chi connectivity index (χ4n) is 7.36. The molecule has 3 N–H and O–H groups in total. The zero-order valence-corrected chi connectivity index (χ0v) is 35.2. The molecule has 57 heavy (non-hydrogen) atoms. The summed E-state index contributed by atoms with van der Waals surface area (Å²) in [6, 6.07) is 2.81. The van der Waals surface area contributed by atoms with E-state index in [4.69, 9.17) is 30.5 Å². The minimum absolute atomic E-state index is 0.000216. The third kappa shape index (κ3) is 9.37. The van der Waals surface area contributed by atoms with Gasteiger partial charge < -0.3 is 34.5 Å². The molecule has 312 valence electrons. The number of benzene rings is 1. The number of pyridine rings is 1. The van der Waals surface area contributed by atoms with Crippen molar-refractivity contribution in [2.75, 3.05) is 13.7 Å². The third-order valence-corrected chi connectivity index (χ3v) is 13.3. The summed E-state index contributed by atoms with van der Waals surface area (Å²) in [5.41, 5.74) is -1.99. The summed E-state index contributed by atoms with van der Waals surface area (Å²) in [6.07, 6.45) is 6.14. The van der Waals surface area contributed by atoms with Crippen LogP contribution in [-0.4, -0.2) is 95.9 Å². The standard InChI is InChI=1S/C40H54ClN5O10S/c1-23(2)54-31-20-30(26-15-16-27(41)33(53-7)32(26)43-31)55-25-19-29-34(47)44-40(36(49)45-57(51,52)39(6)17-18-39)21-24(40)13-11-9-8-10-12-14-28(35(48)46(29)22-25)42-37(50)56-38(3,4)5/h11,13,15-16,20,23-25,28-29H,8-10,12,14,17-19,21-22H2,1-7H3,(H,42,50)(H,44,47)(H,45,49)/b13-11-/t24-,25-,28+,29+,40-/m1/s1. The molecule has 17 heteroatoms. The first-order valence-corrected chi connectivity index (χ1v) is 21.5. The number of nitrogens with one attached hydrogen (secondary N) is 3. The molecule has 6 rings (SSSR count). The summed E-state index contributed by atoms with van der Waals surface area (Å²) in [5.74, 6) is -1.55. The van der Waals surface area contributed by atoms with E-state index in [9.17, 15) is 27.6 Å². The SMILES string of the molecule is COc1c(Cl)ccc2c(O[C@@H]3C[C@H]4C(=O)N[C@]5(C(=O)NS(=O)(=O)C6(C)CC6)C[C@H]5/C=C\CCCCC[C@H](NC(=O)OC(C)(C)C)C(=O)N4C3)cc(OC(C)C)nc12. The summed E-state index contributed by atoms with van der Waals surface area (Å²) in [5, 5.41) is 6.51. The molecule has 3 heterocycles.